The number of hydrogen-bond donors (Lipinski definition) is 1. The predicted molar refractivity (Wildman–Crippen MR) is 75.9 cm³/mol. The van der Waals surface area contributed by atoms with Crippen molar-refractivity contribution in [2.75, 3.05) is 13.1 Å². The molecule has 0 bridgehead atoms. The minimum absolute atomic E-state index is 0.273. The van der Waals surface area contributed by atoms with Crippen molar-refractivity contribution in [3.05, 3.63) is 34.3 Å². The first-order valence-electron chi connectivity index (χ1n) is 6.33. The van der Waals surface area contributed by atoms with Gasteiger partial charge in [-0.1, -0.05) is 41.9 Å². The number of halogens is 1. The average Bonchev–Trinajstić information content (AvgIpc) is 2.61. The molecule has 2 unspecified atom stereocenters. The van der Waals surface area contributed by atoms with Gasteiger partial charge in [-0.15, -0.1) is 0 Å². The molecule has 0 saturated carbocycles. The Balaban J connectivity index is 2.18. The predicted octanol–water partition coefficient (Wildman–Crippen LogP) is 3.18. The second-order valence-electron chi connectivity index (χ2n) is 5.34. The van der Waals surface area contributed by atoms with E-state index in [0.29, 0.717) is 12.0 Å². The van der Waals surface area contributed by atoms with Crippen molar-refractivity contribution < 1.29 is 0 Å². The van der Waals surface area contributed by atoms with Crippen LogP contribution in [0, 0.1) is 5.92 Å². The van der Waals surface area contributed by atoms with Crippen LogP contribution in [0.1, 0.15) is 31.9 Å². The first-order valence-corrected chi connectivity index (χ1v) is 7.12. The number of rotatable bonds is 3. The highest BCUT2D eigenvalue weighted by Gasteiger charge is 2.32. The monoisotopic (exact) mass is 296 g/mol. The standard InChI is InChI=1S/C14H21BrN2/c1-10(2)9-17-8-7-13(16)14(17)11-3-5-12(15)6-4-11/h3-6,10,13-14H,7-9,16H2,1-2H3. The normalized spacial score (nSPS) is 25.7. The van der Waals surface area contributed by atoms with Crippen LogP contribution in [-0.2, 0) is 0 Å². The van der Waals surface area contributed by atoms with Gasteiger partial charge in [-0.3, -0.25) is 4.90 Å². The zero-order chi connectivity index (χ0) is 12.4. The third kappa shape index (κ3) is 3.09. The van der Waals surface area contributed by atoms with E-state index in [-0.39, 0.29) is 6.04 Å². The molecule has 1 saturated heterocycles. The van der Waals surface area contributed by atoms with Crippen molar-refractivity contribution in [2.45, 2.75) is 32.4 Å². The fourth-order valence-electron chi connectivity index (χ4n) is 2.67. The summed E-state index contributed by atoms with van der Waals surface area (Å²) in [6, 6.07) is 9.25. The van der Waals surface area contributed by atoms with E-state index in [0.717, 1.165) is 24.0 Å². The summed E-state index contributed by atoms with van der Waals surface area (Å²) in [7, 11) is 0. The molecule has 1 aliphatic rings. The maximum Gasteiger partial charge on any atom is 0.0499 e. The van der Waals surface area contributed by atoms with Gasteiger partial charge in [-0.2, -0.15) is 0 Å². The van der Waals surface area contributed by atoms with Gasteiger partial charge in [0.2, 0.25) is 0 Å². The third-order valence-electron chi connectivity index (χ3n) is 3.36. The molecule has 2 rings (SSSR count). The van der Waals surface area contributed by atoms with Crippen LogP contribution in [0.2, 0.25) is 0 Å². The van der Waals surface area contributed by atoms with Crippen molar-refractivity contribution in [3.8, 4) is 0 Å². The Kier molecular flexibility index (Phi) is 4.23. The van der Waals surface area contributed by atoms with E-state index in [2.05, 4.69) is 58.9 Å². The lowest BCUT2D eigenvalue weighted by molar-refractivity contribution is 0.221. The van der Waals surface area contributed by atoms with Crippen LogP contribution >= 0.6 is 15.9 Å². The van der Waals surface area contributed by atoms with Gasteiger partial charge in [0.05, 0.1) is 0 Å². The smallest absolute Gasteiger partial charge is 0.0499 e. The number of likely N-dealkylation sites (tertiary alicyclic amines) is 1. The molecule has 0 amide bonds. The van der Waals surface area contributed by atoms with Gasteiger partial charge >= 0.3 is 0 Å². The average molecular weight is 297 g/mol. The summed E-state index contributed by atoms with van der Waals surface area (Å²) in [5, 5.41) is 0. The Labute approximate surface area is 112 Å². The molecule has 0 aromatic heterocycles. The molecule has 0 aliphatic carbocycles. The molecular formula is C14H21BrN2. The number of nitrogens with zero attached hydrogens (tertiary/aromatic N) is 1. The third-order valence-corrected chi connectivity index (χ3v) is 3.89. The lowest BCUT2D eigenvalue weighted by Crippen LogP contribution is -2.33. The zero-order valence-corrected chi connectivity index (χ0v) is 12.2. The molecule has 1 aromatic rings. The van der Waals surface area contributed by atoms with Gasteiger partial charge in [0.15, 0.2) is 0 Å². The van der Waals surface area contributed by atoms with Crippen LogP contribution in [0.3, 0.4) is 0 Å². The van der Waals surface area contributed by atoms with Gasteiger partial charge < -0.3 is 5.73 Å². The van der Waals surface area contributed by atoms with Crippen molar-refractivity contribution >= 4 is 15.9 Å². The Bertz CT molecular complexity index is 361. The van der Waals surface area contributed by atoms with Gasteiger partial charge in [0, 0.05) is 29.6 Å². The molecular weight excluding hydrogens is 276 g/mol. The summed E-state index contributed by atoms with van der Waals surface area (Å²) in [5.41, 5.74) is 7.61. The zero-order valence-electron chi connectivity index (χ0n) is 10.6. The SMILES string of the molecule is CC(C)CN1CCC(N)C1c1ccc(Br)cc1. The second kappa shape index (κ2) is 5.51. The van der Waals surface area contributed by atoms with Crippen molar-refractivity contribution in [1.82, 2.24) is 4.90 Å². The first kappa shape index (κ1) is 13.1. The van der Waals surface area contributed by atoms with Crippen LogP contribution < -0.4 is 5.73 Å². The molecule has 1 aliphatic heterocycles. The summed E-state index contributed by atoms with van der Waals surface area (Å²) in [5.74, 6) is 0.693. The quantitative estimate of drug-likeness (QED) is 0.928. The molecule has 17 heavy (non-hydrogen) atoms. The van der Waals surface area contributed by atoms with Gasteiger partial charge in [-0.25, -0.2) is 0 Å². The Hall–Kier alpha value is -0.380. The van der Waals surface area contributed by atoms with E-state index >= 15 is 0 Å². The maximum atomic E-state index is 6.26. The molecule has 1 aromatic carbocycles. The summed E-state index contributed by atoms with van der Waals surface area (Å²) < 4.78 is 1.13. The van der Waals surface area contributed by atoms with E-state index in [1.54, 1.807) is 0 Å². The molecule has 0 spiro atoms. The van der Waals surface area contributed by atoms with Gasteiger partial charge in [0.1, 0.15) is 0 Å². The Morgan fingerprint density at radius 1 is 1.35 bits per heavy atom. The van der Waals surface area contributed by atoms with Gasteiger partial charge in [-0.05, 0) is 30.0 Å². The number of nitrogens with two attached hydrogens (primary N) is 1. The second-order valence-corrected chi connectivity index (χ2v) is 6.25. The van der Waals surface area contributed by atoms with E-state index in [1.807, 2.05) is 0 Å². The molecule has 2 nitrogen and oxygen atoms in total. The topological polar surface area (TPSA) is 29.3 Å². The van der Waals surface area contributed by atoms with Crippen molar-refractivity contribution in [2.24, 2.45) is 11.7 Å². The lowest BCUT2D eigenvalue weighted by atomic mass is 10.0. The Morgan fingerprint density at radius 2 is 2.00 bits per heavy atom. The van der Waals surface area contributed by atoms with Crippen LogP contribution in [0.25, 0.3) is 0 Å². The van der Waals surface area contributed by atoms with E-state index in [1.165, 1.54) is 5.56 Å². The highest BCUT2D eigenvalue weighted by Crippen LogP contribution is 2.32. The van der Waals surface area contributed by atoms with Crippen molar-refractivity contribution in [1.29, 1.82) is 0 Å². The summed E-state index contributed by atoms with van der Waals surface area (Å²) in [6.45, 7) is 6.79. The number of hydrogen-bond acceptors (Lipinski definition) is 2. The fourth-order valence-corrected chi connectivity index (χ4v) is 2.94. The van der Waals surface area contributed by atoms with Crippen LogP contribution in [0.4, 0.5) is 0 Å². The van der Waals surface area contributed by atoms with Gasteiger partial charge in [0.25, 0.3) is 0 Å². The summed E-state index contributed by atoms with van der Waals surface area (Å²) >= 11 is 3.48. The fraction of sp³-hybridized carbons (Fsp3) is 0.571. The highest BCUT2D eigenvalue weighted by molar-refractivity contribution is 9.10. The molecule has 2 N–H and O–H groups in total. The first-order chi connectivity index (χ1) is 8.08. The summed E-state index contributed by atoms with van der Waals surface area (Å²) in [6.07, 6.45) is 1.10. The molecule has 3 heteroatoms. The highest BCUT2D eigenvalue weighted by atomic mass is 79.9. The largest absolute Gasteiger partial charge is 0.326 e. The van der Waals surface area contributed by atoms with Crippen LogP contribution in [0.15, 0.2) is 28.7 Å². The number of benzene rings is 1. The van der Waals surface area contributed by atoms with E-state index < -0.39 is 0 Å². The van der Waals surface area contributed by atoms with Crippen molar-refractivity contribution in [3.63, 3.8) is 0 Å². The Morgan fingerprint density at radius 3 is 2.59 bits per heavy atom. The lowest BCUT2D eigenvalue weighted by Gasteiger charge is -2.28. The molecule has 1 fully saturated rings. The molecule has 94 valence electrons. The minimum atomic E-state index is 0.273. The van der Waals surface area contributed by atoms with E-state index in [9.17, 15) is 0 Å². The van der Waals surface area contributed by atoms with Crippen LogP contribution in [-0.4, -0.2) is 24.0 Å². The molecule has 0 radical (unpaired) electrons. The minimum Gasteiger partial charge on any atom is -0.326 e. The summed E-state index contributed by atoms with van der Waals surface area (Å²) in [4.78, 5) is 2.53. The molecule has 1 heterocycles. The van der Waals surface area contributed by atoms with Crippen LogP contribution in [0.5, 0.6) is 0 Å². The molecule has 2 atom stereocenters. The van der Waals surface area contributed by atoms with E-state index in [4.69, 9.17) is 5.73 Å². The maximum absolute atomic E-state index is 6.26.